The molecule has 1 aliphatic carbocycles. The lowest BCUT2D eigenvalue weighted by molar-refractivity contribution is 0.0690. The second kappa shape index (κ2) is 4.00. The van der Waals surface area contributed by atoms with Crippen LogP contribution < -0.4 is 0 Å². The van der Waals surface area contributed by atoms with E-state index in [-0.39, 0.29) is 5.69 Å². The monoisotopic (exact) mass is 209 g/mol. The normalized spacial score (nSPS) is 16.3. The van der Waals surface area contributed by atoms with Crippen molar-refractivity contribution in [3.63, 3.8) is 0 Å². The van der Waals surface area contributed by atoms with E-state index in [1.54, 1.807) is 24.0 Å². The molecule has 74 valence electrons. The molecule has 0 atom stereocenters. The first-order valence-electron chi connectivity index (χ1n) is 4.62. The summed E-state index contributed by atoms with van der Waals surface area (Å²) in [5.41, 5.74) is 0.134. The Morgan fingerprint density at radius 2 is 2.36 bits per heavy atom. The summed E-state index contributed by atoms with van der Waals surface area (Å²) >= 11 is 1.76. The Bertz CT molecular complexity index is 350. The Kier molecular flexibility index (Phi) is 2.72. The molecule has 2 rings (SSSR count). The largest absolute Gasteiger partial charge is 0.477 e. The van der Waals surface area contributed by atoms with Crippen LogP contribution in [0.2, 0.25) is 0 Å². The third-order valence-corrected chi connectivity index (χ3v) is 3.64. The predicted molar refractivity (Wildman–Crippen MR) is 54.7 cm³/mol. The van der Waals surface area contributed by atoms with E-state index in [2.05, 4.69) is 4.98 Å². The van der Waals surface area contributed by atoms with Gasteiger partial charge in [0.1, 0.15) is 5.69 Å². The van der Waals surface area contributed by atoms with Gasteiger partial charge in [0.25, 0.3) is 0 Å². The molecule has 1 heterocycles. The average molecular weight is 209 g/mol. The number of aromatic nitrogens is 1. The van der Waals surface area contributed by atoms with Crippen LogP contribution in [0.1, 0.15) is 29.8 Å². The van der Waals surface area contributed by atoms with Gasteiger partial charge in [0.2, 0.25) is 0 Å². The number of nitrogens with zero attached hydrogens (tertiary/aromatic N) is 1. The fraction of sp³-hybridized carbons (Fsp3) is 0.400. The van der Waals surface area contributed by atoms with Crippen molar-refractivity contribution in [1.29, 1.82) is 0 Å². The zero-order valence-electron chi connectivity index (χ0n) is 7.64. The second-order valence-corrected chi connectivity index (χ2v) is 4.73. The lowest BCUT2D eigenvalue weighted by atomic mass is 10.0. The highest BCUT2D eigenvalue weighted by atomic mass is 32.2. The Morgan fingerprint density at radius 3 is 2.93 bits per heavy atom. The van der Waals surface area contributed by atoms with Gasteiger partial charge in [0.05, 0.1) is 0 Å². The van der Waals surface area contributed by atoms with Gasteiger partial charge >= 0.3 is 5.97 Å². The van der Waals surface area contributed by atoms with Gasteiger partial charge in [-0.3, -0.25) is 0 Å². The van der Waals surface area contributed by atoms with E-state index in [0.717, 1.165) is 4.90 Å². The van der Waals surface area contributed by atoms with E-state index in [0.29, 0.717) is 5.25 Å². The molecule has 0 spiro atoms. The fourth-order valence-electron chi connectivity index (χ4n) is 1.28. The van der Waals surface area contributed by atoms with Crippen LogP contribution in [-0.2, 0) is 0 Å². The van der Waals surface area contributed by atoms with Crippen molar-refractivity contribution in [2.45, 2.75) is 29.4 Å². The fourth-order valence-corrected chi connectivity index (χ4v) is 2.56. The molecule has 1 aliphatic rings. The molecule has 0 unspecified atom stereocenters. The van der Waals surface area contributed by atoms with Crippen molar-refractivity contribution >= 4 is 17.7 Å². The first-order chi connectivity index (χ1) is 6.75. The molecule has 4 heteroatoms. The minimum absolute atomic E-state index is 0.134. The maximum absolute atomic E-state index is 10.7. The Labute approximate surface area is 86.5 Å². The molecule has 1 saturated carbocycles. The topological polar surface area (TPSA) is 50.2 Å². The molecule has 0 saturated heterocycles. The number of carboxylic acid groups (broad SMARTS) is 1. The van der Waals surface area contributed by atoms with Gasteiger partial charge in [-0.25, -0.2) is 9.78 Å². The number of pyridine rings is 1. The van der Waals surface area contributed by atoms with E-state index in [1.165, 1.54) is 19.3 Å². The molecular formula is C10H11NO2S. The summed E-state index contributed by atoms with van der Waals surface area (Å²) in [4.78, 5) is 15.4. The summed E-state index contributed by atoms with van der Waals surface area (Å²) in [5.74, 6) is -0.957. The summed E-state index contributed by atoms with van der Waals surface area (Å²) in [6.07, 6.45) is 5.35. The highest BCUT2D eigenvalue weighted by Gasteiger charge is 2.18. The lowest BCUT2D eigenvalue weighted by Gasteiger charge is -2.24. The van der Waals surface area contributed by atoms with E-state index in [9.17, 15) is 4.79 Å². The Morgan fingerprint density at radius 1 is 1.57 bits per heavy atom. The quantitative estimate of drug-likeness (QED) is 0.830. The first-order valence-corrected chi connectivity index (χ1v) is 5.49. The third kappa shape index (κ3) is 2.07. The van der Waals surface area contributed by atoms with Crippen molar-refractivity contribution in [2.24, 2.45) is 0 Å². The molecule has 0 aliphatic heterocycles. The molecule has 1 fully saturated rings. The van der Waals surface area contributed by atoms with Crippen LogP contribution in [0.4, 0.5) is 0 Å². The van der Waals surface area contributed by atoms with Gasteiger partial charge in [-0.2, -0.15) is 0 Å². The van der Waals surface area contributed by atoms with E-state index in [4.69, 9.17) is 5.11 Å². The minimum Gasteiger partial charge on any atom is -0.477 e. The lowest BCUT2D eigenvalue weighted by Crippen LogP contribution is -2.12. The first kappa shape index (κ1) is 9.52. The SMILES string of the molecule is O=C(O)c1cc(SC2CCC2)ccn1. The Hall–Kier alpha value is -1.03. The van der Waals surface area contributed by atoms with Gasteiger partial charge in [-0.05, 0) is 25.0 Å². The van der Waals surface area contributed by atoms with Crippen molar-refractivity contribution < 1.29 is 9.90 Å². The van der Waals surface area contributed by atoms with Crippen LogP contribution in [0, 0.1) is 0 Å². The summed E-state index contributed by atoms with van der Waals surface area (Å²) in [5, 5.41) is 9.42. The number of thioether (sulfide) groups is 1. The van der Waals surface area contributed by atoms with Gasteiger partial charge in [0, 0.05) is 16.3 Å². The Balaban J connectivity index is 2.09. The number of hydrogen-bond donors (Lipinski definition) is 1. The van der Waals surface area contributed by atoms with Crippen LogP contribution in [0.15, 0.2) is 23.2 Å². The van der Waals surface area contributed by atoms with Crippen LogP contribution in [0.3, 0.4) is 0 Å². The molecule has 1 aromatic heterocycles. The minimum atomic E-state index is -0.957. The van der Waals surface area contributed by atoms with Gasteiger partial charge in [-0.1, -0.05) is 6.42 Å². The highest BCUT2D eigenvalue weighted by Crippen LogP contribution is 2.36. The second-order valence-electron chi connectivity index (χ2n) is 3.35. The summed E-state index contributed by atoms with van der Waals surface area (Å²) in [7, 11) is 0. The van der Waals surface area contributed by atoms with Crippen LogP contribution in [0.5, 0.6) is 0 Å². The molecule has 0 aromatic carbocycles. The predicted octanol–water partition coefficient (Wildman–Crippen LogP) is 2.42. The zero-order valence-corrected chi connectivity index (χ0v) is 8.46. The summed E-state index contributed by atoms with van der Waals surface area (Å²) < 4.78 is 0. The molecule has 3 nitrogen and oxygen atoms in total. The number of carbonyl (C=O) groups is 1. The number of hydrogen-bond acceptors (Lipinski definition) is 3. The molecule has 1 aromatic rings. The van der Waals surface area contributed by atoms with Crippen LogP contribution >= 0.6 is 11.8 Å². The maximum atomic E-state index is 10.7. The standard InChI is InChI=1S/C10H11NO2S/c12-10(13)9-6-8(4-5-11-9)14-7-2-1-3-7/h4-7H,1-3H2,(H,12,13). The van der Waals surface area contributed by atoms with Crippen molar-refractivity contribution in [1.82, 2.24) is 4.98 Å². The van der Waals surface area contributed by atoms with Gasteiger partial charge in [0.15, 0.2) is 0 Å². The zero-order chi connectivity index (χ0) is 9.97. The van der Waals surface area contributed by atoms with Crippen molar-refractivity contribution in [3.8, 4) is 0 Å². The molecule has 14 heavy (non-hydrogen) atoms. The van der Waals surface area contributed by atoms with Gasteiger partial charge in [-0.15, -0.1) is 11.8 Å². The van der Waals surface area contributed by atoms with E-state index >= 15 is 0 Å². The molecule has 0 amide bonds. The molecule has 0 radical (unpaired) electrons. The van der Waals surface area contributed by atoms with Gasteiger partial charge < -0.3 is 5.11 Å². The van der Waals surface area contributed by atoms with Crippen LogP contribution in [-0.4, -0.2) is 21.3 Å². The van der Waals surface area contributed by atoms with Crippen LogP contribution in [0.25, 0.3) is 0 Å². The number of carboxylic acids is 1. The van der Waals surface area contributed by atoms with E-state index < -0.39 is 5.97 Å². The smallest absolute Gasteiger partial charge is 0.354 e. The van der Waals surface area contributed by atoms with Crippen molar-refractivity contribution in [3.05, 3.63) is 24.0 Å². The molecular weight excluding hydrogens is 198 g/mol. The molecule has 1 N–H and O–H groups in total. The van der Waals surface area contributed by atoms with Crippen molar-refractivity contribution in [2.75, 3.05) is 0 Å². The van der Waals surface area contributed by atoms with E-state index in [1.807, 2.05) is 6.07 Å². The third-order valence-electron chi connectivity index (χ3n) is 2.31. The highest BCUT2D eigenvalue weighted by molar-refractivity contribution is 8.00. The summed E-state index contributed by atoms with van der Waals surface area (Å²) in [6.45, 7) is 0. The summed E-state index contributed by atoms with van der Waals surface area (Å²) in [6, 6.07) is 3.51. The molecule has 0 bridgehead atoms. The maximum Gasteiger partial charge on any atom is 0.354 e. The number of aromatic carboxylic acids is 1. The number of rotatable bonds is 3. The average Bonchev–Trinajstić information content (AvgIpc) is 2.12.